The quantitative estimate of drug-likeness (QED) is 0.386. The second-order valence-corrected chi connectivity index (χ2v) is 4.80. The summed E-state index contributed by atoms with van der Waals surface area (Å²) in [6.45, 7) is 6.42. The molecular formula is C12H24O4Si. The Morgan fingerprint density at radius 2 is 1.82 bits per heavy atom. The average molecular weight is 260 g/mol. The molecular weight excluding hydrogens is 236 g/mol. The lowest BCUT2D eigenvalue weighted by atomic mass is 10.0. The van der Waals surface area contributed by atoms with E-state index in [1.165, 1.54) is 0 Å². The molecule has 0 heterocycles. The van der Waals surface area contributed by atoms with Crippen molar-refractivity contribution in [1.82, 2.24) is 0 Å². The van der Waals surface area contributed by atoms with Crippen LogP contribution in [0.1, 0.15) is 33.6 Å². The van der Waals surface area contributed by atoms with Crippen LogP contribution in [0.5, 0.6) is 0 Å². The van der Waals surface area contributed by atoms with E-state index in [0.29, 0.717) is 18.8 Å². The van der Waals surface area contributed by atoms with Gasteiger partial charge in [0.1, 0.15) is 0 Å². The molecule has 0 aliphatic carbocycles. The predicted molar refractivity (Wildman–Crippen MR) is 71.4 cm³/mol. The highest BCUT2D eigenvalue weighted by molar-refractivity contribution is 6.08. The maximum atomic E-state index is 11.1. The van der Waals surface area contributed by atoms with E-state index in [4.69, 9.17) is 14.6 Å². The van der Waals surface area contributed by atoms with Gasteiger partial charge in [-0.25, -0.2) is 4.79 Å². The Bertz CT molecular complexity index is 257. The van der Waals surface area contributed by atoms with Crippen molar-refractivity contribution in [3.8, 4) is 0 Å². The summed E-state index contributed by atoms with van der Waals surface area (Å²) < 4.78 is 11.0. The number of rotatable bonds is 9. The molecule has 0 aromatic heterocycles. The molecule has 0 amide bonds. The van der Waals surface area contributed by atoms with E-state index in [9.17, 15) is 4.79 Å². The van der Waals surface area contributed by atoms with Gasteiger partial charge in [0.05, 0.1) is 0 Å². The first kappa shape index (κ1) is 16.3. The van der Waals surface area contributed by atoms with Crippen LogP contribution >= 0.6 is 0 Å². The Kier molecular flexibility index (Phi) is 9.02. The first-order chi connectivity index (χ1) is 8.08. The van der Waals surface area contributed by atoms with E-state index < -0.39 is 12.3 Å². The Labute approximate surface area is 106 Å². The van der Waals surface area contributed by atoms with Crippen molar-refractivity contribution in [1.29, 1.82) is 0 Å². The molecule has 100 valence electrons. The van der Waals surface area contributed by atoms with Gasteiger partial charge in [0.2, 0.25) is 0 Å². The largest absolute Gasteiger partial charge is 0.478 e. The normalized spacial score (nSPS) is 12.9. The highest BCUT2D eigenvalue weighted by Crippen LogP contribution is 2.20. The molecule has 0 saturated carbocycles. The van der Waals surface area contributed by atoms with E-state index >= 15 is 0 Å². The topological polar surface area (TPSA) is 55.8 Å². The monoisotopic (exact) mass is 260 g/mol. The van der Waals surface area contributed by atoms with Crippen LogP contribution in [0.25, 0.3) is 0 Å². The number of hydrogen-bond donors (Lipinski definition) is 1. The van der Waals surface area contributed by atoms with Crippen molar-refractivity contribution in [3.63, 3.8) is 0 Å². The van der Waals surface area contributed by atoms with Crippen LogP contribution < -0.4 is 0 Å². The van der Waals surface area contributed by atoms with Gasteiger partial charge in [0.15, 0.2) is 6.29 Å². The zero-order valence-corrected chi connectivity index (χ0v) is 13.3. The first-order valence-corrected chi connectivity index (χ1v) is 7.65. The van der Waals surface area contributed by atoms with Crippen LogP contribution in [0.4, 0.5) is 0 Å². The summed E-state index contributed by atoms with van der Waals surface area (Å²) in [6, 6.07) is 1.15. The van der Waals surface area contributed by atoms with Gasteiger partial charge >= 0.3 is 5.97 Å². The lowest BCUT2D eigenvalue weighted by Crippen LogP contribution is -2.23. The van der Waals surface area contributed by atoms with Crippen LogP contribution in [0.15, 0.2) is 11.1 Å². The third kappa shape index (κ3) is 6.00. The van der Waals surface area contributed by atoms with Crippen LogP contribution in [-0.4, -0.2) is 40.8 Å². The smallest absolute Gasteiger partial charge is 0.331 e. The van der Waals surface area contributed by atoms with Crippen molar-refractivity contribution in [2.45, 2.75) is 45.9 Å². The van der Waals surface area contributed by atoms with Crippen molar-refractivity contribution >= 4 is 16.2 Å². The first-order valence-electron chi connectivity index (χ1n) is 6.24. The molecule has 0 aliphatic rings. The number of hydrogen-bond acceptors (Lipinski definition) is 3. The molecule has 0 aromatic carbocycles. The minimum Gasteiger partial charge on any atom is -0.478 e. The zero-order valence-electron chi connectivity index (χ0n) is 11.3. The number of ether oxygens (including phenoxy) is 2. The summed E-state index contributed by atoms with van der Waals surface area (Å²) in [5.74, 6) is -0.891. The Morgan fingerprint density at radius 3 is 2.18 bits per heavy atom. The Morgan fingerprint density at radius 1 is 1.29 bits per heavy atom. The summed E-state index contributed by atoms with van der Waals surface area (Å²) in [5, 5.41) is 9.08. The molecule has 0 fully saturated rings. The van der Waals surface area contributed by atoms with Crippen LogP contribution in [0, 0.1) is 0 Å². The fourth-order valence-electron chi connectivity index (χ4n) is 1.54. The van der Waals surface area contributed by atoms with Gasteiger partial charge in [0, 0.05) is 29.0 Å². The third-order valence-electron chi connectivity index (χ3n) is 2.52. The van der Waals surface area contributed by atoms with E-state index in [1.54, 1.807) is 6.92 Å². The van der Waals surface area contributed by atoms with Crippen molar-refractivity contribution in [3.05, 3.63) is 11.1 Å². The molecule has 1 N–H and O–H groups in total. The van der Waals surface area contributed by atoms with Crippen molar-refractivity contribution < 1.29 is 19.4 Å². The SMILES string of the molecule is CCOC(OCC)C(CCC[SiH3])=C(C)C(=O)O. The summed E-state index contributed by atoms with van der Waals surface area (Å²) in [4.78, 5) is 11.1. The minimum absolute atomic E-state index is 0.354. The summed E-state index contributed by atoms with van der Waals surface area (Å²) >= 11 is 0. The van der Waals surface area contributed by atoms with Crippen molar-refractivity contribution in [2.24, 2.45) is 0 Å². The maximum absolute atomic E-state index is 11.1. The van der Waals surface area contributed by atoms with E-state index in [2.05, 4.69) is 0 Å². The Hall–Kier alpha value is -0.653. The fourth-order valence-corrected chi connectivity index (χ4v) is 1.89. The third-order valence-corrected chi connectivity index (χ3v) is 3.23. The van der Waals surface area contributed by atoms with Gasteiger partial charge in [-0.15, -0.1) is 0 Å². The van der Waals surface area contributed by atoms with Gasteiger partial charge in [-0.1, -0.05) is 12.5 Å². The molecule has 5 heteroatoms. The lowest BCUT2D eigenvalue weighted by molar-refractivity contribution is -0.134. The molecule has 0 saturated heterocycles. The van der Waals surface area contributed by atoms with Gasteiger partial charge in [-0.05, 0) is 32.8 Å². The predicted octanol–water partition coefficient (Wildman–Crippen LogP) is 1.35. The molecule has 0 rings (SSSR count). The molecule has 4 nitrogen and oxygen atoms in total. The van der Waals surface area contributed by atoms with Gasteiger partial charge in [-0.3, -0.25) is 0 Å². The van der Waals surface area contributed by atoms with Gasteiger partial charge in [0.25, 0.3) is 0 Å². The highest BCUT2D eigenvalue weighted by atomic mass is 28.1. The molecule has 0 atom stereocenters. The Balaban J connectivity index is 4.96. The van der Waals surface area contributed by atoms with E-state index in [0.717, 1.165) is 34.7 Å². The van der Waals surface area contributed by atoms with E-state index in [-0.39, 0.29) is 0 Å². The minimum atomic E-state index is -0.891. The summed E-state index contributed by atoms with van der Waals surface area (Å²) in [6.07, 6.45) is 1.24. The molecule has 0 aliphatic heterocycles. The number of carboxylic acid groups (broad SMARTS) is 1. The molecule has 0 aromatic rings. The standard InChI is InChI=1S/C12H24O4Si/c1-4-15-12(16-5-2)10(7-6-8-17)9(3)11(13)14/h12H,4-8H2,1-3,17H3,(H,13,14). The van der Waals surface area contributed by atoms with Crippen LogP contribution in [-0.2, 0) is 14.3 Å². The lowest BCUT2D eigenvalue weighted by Gasteiger charge is -2.21. The van der Waals surface area contributed by atoms with Crippen LogP contribution in [0.2, 0.25) is 6.04 Å². The van der Waals surface area contributed by atoms with Gasteiger partial charge < -0.3 is 14.6 Å². The average Bonchev–Trinajstić information content (AvgIpc) is 2.29. The second-order valence-electron chi connectivity index (χ2n) is 3.80. The molecule has 0 bridgehead atoms. The molecule has 0 radical (unpaired) electrons. The van der Waals surface area contributed by atoms with Crippen LogP contribution in [0.3, 0.4) is 0 Å². The second kappa shape index (κ2) is 9.38. The molecule has 0 spiro atoms. The van der Waals surface area contributed by atoms with Gasteiger partial charge in [-0.2, -0.15) is 0 Å². The maximum Gasteiger partial charge on any atom is 0.331 e. The number of carbonyl (C=O) groups is 1. The number of aliphatic carboxylic acids is 1. The van der Waals surface area contributed by atoms with E-state index in [1.807, 2.05) is 13.8 Å². The molecule has 0 unspecified atom stereocenters. The molecule has 17 heavy (non-hydrogen) atoms. The summed E-state index contributed by atoms with van der Waals surface area (Å²) in [5.41, 5.74) is 1.13. The zero-order chi connectivity index (χ0) is 13.3. The number of carboxylic acids is 1. The highest BCUT2D eigenvalue weighted by Gasteiger charge is 2.19. The van der Waals surface area contributed by atoms with Crippen molar-refractivity contribution in [2.75, 3.05) is 13.2 Å². The summed E-state index contributed by atoms with van der Waals surface area (Å²) in [7, 11) is 1.14. The fraction of sp³-hybridized carbons (Fsp3) is 0.750.